The fourth-order valence-corrected chi connectivity index (χ4v) is 6.49. The highest BCUT2D eigenvalue weighted by molar-refractivity contribution is 6.30. The third-order valence-electron chi connectivity index (χ3n) is 8.90. The molecular formula is C37H44ClN3O2. The fourth-order valence-electron chi connectivity index (χ4n) is 6.37. The van der Waals surface area contributed by atoms with E-state index >= 15 is 0 Å². The maximum absolute atomic E-state index is 6.63. The van der Waals surface area contributed by atoms with E-state index in [4.69, 9.17) is 21.1 Å². The normalized spacial score (nSPS) is 17.1. The number of rotatable bonds is 11. The Morgan fingerprint density at radius 2 is 1.51 bits per heavy atom. The highest BCUT2D eigenvalue weighted by atomic mass is 35.5. The molecule has 2 aliphatic rings. The second-order valence-corrected chi connectivity index (χ2v) is 12.5. The van der Waals surface area contributed by atoms with Crippen LogP contribution in [-0.2, 0) is 6.42 Å². The zero-order chi connectivity index (χ0) is 29.3. The van der Waals surface area contributed by atoms with E-state index in [1.165, 1.54) is 44.3 Å². The number of pyridine rings is 1. The molecule has 0 bridgehead atoms. The molecule has 0 saturated carbocycles. The topological polar surface area (TPSA) is 37.8 Å². The van der Waals surface area contributed by atoms with E-state index in [2.05, 4.69) is 69.4 Å². The van der Waals surface area contributed by atoms with E-state index in [0.29, 0.717) is 0 Å². The summed E-state index contributed by atoms with van der Waals surface area (Å²) in [6.45, 7) is 7.63. The van der Waals surface area contributed by atoms with E-state index in [9.17, 15) is 0 Å². The average Bonchev–Trinajstić information content (AvgIpc) is 3.33. The molecule has 226 valence electrons. The molecule has 0 N–H and O–H groups in total. The van der Waals surface area contributed by atoms with Crippen molar-refractivity contribution in [3.05, 3.63) is 89.6 Å². The fraction of sp³-hybridized carbons (Fsp3) is 0.432. The Morgan fingerprint density at radius 3 is 2.28 bits per heavy atom. The lowest BCUT2D eigenvalue weighted by molar-refractivity contribution is 0.102. The summed E-state index contributed by atoms with van der Waals surface area (Å²) in [5, 5.41) is 1.83. The SMILES string of the molecule is Clc1ccc(-c2cc(OC3CCN(CCc4ccc(OCCCN5CCCCCC5)cc4)CC3)c3ncccc3c2)cc1. The number of hydrogen-bond acceptors (Lipinski definition) is 5. The van der Waals surface area contributed by atoms with Crippen molar-refractivity contribution in [2.45, 2.75) is 57.5 Å². The first-order valence-electron chi connectivity index (χ1n) is 16.2. The Morgan fingerprint density at radius 1 is 0.767 bits per heavy atom. The Hall–Kier alpha value is -3.12. The van der Waals surface area contributed by atoms with E-state index in [0.717, 1.165) is 97.0 Å². The molecule has 0 radical (unpaired) electrons. The minimum atomic E-state index is 0.192. The standard InChI is InChI=1S/C37H44ClN3O2/c38-33-12-10-30(11-13-33)32-27-31-7-5-19-39-37(31)36(28-32)43-35-17-24-41(25-18-35)23-16-29-8-14-34(15-9-29)42-26-6-22-40-20-3-1-2-4-21-40/h5,7-15,19,27-28,35H,1-4,6,16-18,20-26H2. The summed E-state index contributed by atoms with van der Waals surface area (Å²) in [4.78, 5) is 9.82. The van der Waals surface area contributed by atoms with Crippen molar-refractivity contribution in [2.75, 3.05) is 45.9 Å². The molecule has 1 aromatic heterocycles. The van der Waals surface area contributed by atoms with Gasteiger partial charge in [0.05, 0.1) is 6.61 Å². The van der Waals surface area contributed by atoms with Crippen LogP contribution in [0.2, 0.25) is 5.02 Å². The summed E-state index contributed by atoms with van der Waals surface area (Å²) in [5.41, 5.74) is 4.53. The van der Waals surface area contributed by atoms with Crippen molar-refractivity contribution in [3.63, 3.8) is 0 Å². The van der Waals surface area contributed by atoms with Gasteiger partial charge in [-0.25, -0.2) is 0 Å². The summed E-state index contributed by atoms with van der Waals surface area (Å²) < 4.78 is 12.7. The van der Waals surface area contributed by atoms with Gasteiger partial charge in [-0.15, -0.1) is 0 Å². The molecule has 0 atom stereocenters. The molecule has 6 rings (SSSR count). The van der Waals surface area contributed by atoms with E-state index in [1.54, 1.807) is 0 Å². The Labute approximate surface area is 261 Å². The maximum Gasteiger partial charge on any atom is 0.146 e. The largest absolute Gasteiger partial charge is 0.494 e. The van der Waals surface area contributed by atoms with Crippen LogP contribution in [0.15, 0.2) is 79.0 Å². The van der Waals surface area contributed by atoms with Crippen LogP contribution in [0.4, 0.5) is 0 Å². The van der Waals surface area contributed by atoms with Gasteiger partial charge in [-0.3, -0.25) is 4.98 Å². The van der Waals surface area contributed by atoms with Crippen LogP contribution < -0.4 is 9.47 Å². The maximum atomic E-state index is 6.63. The third kappa shape index (κ3) is 8.50. The van der Waals surface area contributed by atoms with Crippen LogP contribution in [-0.4, -0.2) is 66.8 Å². The van der Waals surface area contributed by atoms with Gasteiger partial charge in [0.1, 0.15) is 23.1 Å². The summed E-state index contributed by atoms with van der Waals surface area (Å²) >= 11 is 6.13. The van der Waals surface area contributed by atoms with Crippen LogP contribution in [0, 0.1) is 0 Å². The molecule has 6 heteroatoms. The molecule has 0 spiro atoms. The minimum Gasteiger partial charge on any atom is -0.494 e. The summed E-state index contributed by atoms with van der Waals surface area (Å²) in [5.74, 6) is 1.85. The number of hydrogen-bond donors (Lipinski definition) is 0. The molecule has 3 aromatic carbocycles. The van der Waals surface area contributed by atoms with Crippen molar-refractivity contribution in [3.8, 4) is 22.6 Å². The Kier molecular flexibility index (Phi) is 10.5. The van der Waals surface area contributed by atoms with Gasteiger partial charge in [-0.05, 0) is 111 Å². The zero-order valence-corrected chi connectivity index (χ0v) is 26.0. The van der Waals surface area contributed by atoms with Gasteiger partial charge in [0, 0.05) is 42.8 Å². The van der Waals surface area contributed by atoms with Gasteiger partial charge in [0.2, 0.25) is 0 Å². The first kappa shape index (κ1) is 29.9. The predicted molar refractivity (Wildman–Crippen MR) is 177 cm³/mol. The Bertz CT molecular complexity index is 1430. The van der Waals surface area contributed by atoms with Gasteiger partial charge in [-0.1, -0.05) is 54.8 Å². The second kappa shape index (κ2) is 15.1. The number of halogens is 1. The lowest BCUT2D eigenvalue weighted by atomic mass is 10.0. The quantitative estimate of drug-likeness (QED) is 0.163. The number of benzene rings is 3. The van der Waals surface area contributed by atoms with Crippen LogP contribution >= 0.6 is 11.6 Å². The highest BCUT2D eigenvalue weighted by Crippen LogP contribution is 2.33. The summed E-state index contributed by atoms with van der Waals surface area (Å²) in [6.07, 6.45) is 11.7. The smallest absolute Gasteiger partial charge is 0.146 e. The van der Waals surface area contributed by atoms with Gasteiger partial charge in [0.25, 0.3) is 0 Å². The molecule has 0 unspecified atom stereocenters. The lowest BCUT2D eigenvalue weighted by Gasteiger charge is -2.32. The first-order chi connectivity index (χ1) is 21.2. The molecule has 2 saturated heterocycles. The molecule has 0 amide bonds. The van der Waals surface area contributed by atoms with Crippen LogP contribution in [0.25, 0.3) is 22.0 Å². The number of aromatic nitrogens is 1. The Balaban J connectivity index is 0.953. The predicted octanol–water partition coefficient (Wildman–Crippen LogP) is 8.29. The number of fused-ring (bicyclic) bond motifs is 1. The van der Waals surface area contributed by atoms with Crippen LogP contribution in [0.5, 0.6) is 11.5 Å². The third-order valence-corrected chi connectivity index (χ3v) is 9.15. The minimum absolute atomic E-state index is 0.192. The number of nitrogens with zero attached hydrogens (tertiary/aromatic N) is 3. The number of piperidine rings is 1. The van der Waals surface area contributed by atoms with E-state index in [-0.39, 0.29) is 6.10 Å². The van der Waals surface area contributed by atoms with Crippen molar-refractivity contribution >= 4 is 22.5 Å². The van der Waals surface area contributed by atoms with Crippen LogP contribution in [0.3, 0.4) is 0 Å². The number of ether oxygens (including phenoxy) is 2. The van der Waals surface area contributed by atoms with Crippen molar-refractivity contribution in [1.82, 2.24) is 14.8 Å². The van der Waals surface area contributed by atoms with Gasteiger partial charge < -0.3 is 19.3 Å². The van der Waals surface area contributed by atoms with E-state index in [1.807, 2.05) is 24.4 Å². The first-order valence-corrected chi connectivity index (χ1v) is 16.6. The highest BCUT2D eigenvalue weighted by Gasteiger charge is 2.22. The molecule has 0 aliphatic carbocycles. The van der Waals surface area contributed by atoms with Crippen molar-refractivity contribution < 1.29 is 9.47 Å². The van der Waals surface area contributed by atoms with Crippen molar-refractivity contribution in [2.24, 2.45) is 0 Å². The average molecular weight is 598 g/mol. The van der Waals surface area contributed by atoms with Gasteiger partial charge >= 0.3 is 0 Å². The molecule has 5 nitrogen and oxygen atoms in total. The lowest BCUT2D eigenvalue weighted by Crippen LogP contribution is -2.39. The molecule has 3 heterocycles. The number of likely N-dealkylation sites (tertiary alicyclic amines) is 2. The summed E-state index contributed by atoms with van der Waals surface area (Å²) in [6, 6.07) is 25.1. The zero-order valence-electron chi connectivity index (χ0n) is 25.2. The van der Waals surface area contributed by atoms with Gasteiger partial charge in [0.15, 0.2) is 0 Å². The monoisotopic (exact) mass is 597 g/mol. The van der Waals surface area contributed by atoms with E-state index < -0.39 is 0 Å². The molecule has 43 heavy (non-hydrogen) atoms. The van der Waals surface area contributed by atoms with Crippen LogP contribution in [0.1, 0.15) is 50.5 Å². The molecule has 2 fully saturated rings. The molecule has 4 aromatic rings. The molecule has 2 aliphatic heterocycles. The summed E-state index contributed by atoms with van der Waals surface area (Å²) in [7, 11) is 0. The van der Waals surface area contributed by atoms with Gasteiger partial charge in [-0.2, -0.15) is 0 Å². The second-order valence-electron chi connectivity index (χ2n) is 12.1. The van der Waals surface area contributed by atoms with Crippen molar-refractivity contribution in [1.29, 1.82) is 0 Å². The molecular weight excluding hydrogens is 554 g/mol.